The highest BCUT2D eigenvalue weighted by atomic mass is 35.5. The lowest BCUT2D eigenvalue weighted by atomic mass is 10.1. The van der Waals surface area contributed by atoms with Crippen molar-refractivity contribution in [1.29, 1.82) is 0 Å². The average molecular weight is 347 g/mol. The first-order valence-electron chi connectivity index (χ1n) is 8.07. The standard InChI is InChI=1S/C17H19ClN4O2/c1-17(2,8-23)20-16(24)14-12-6-9-5-11(9)15(12)22(21-14)13-4-3-10(18)7-19-13/h3-4,7,9,11,23H,5-6,8H2,1-2H3,(H,20,24)/t9-,11-/m0/s1. The lowest BCUT2D eigenvalue weighted by molar-refractivity contribution is 0.0863. The van der Waals surface area contributed by atoms with Crippen molar-refractivity contribution in [1.82, 2.24) is 20.1 Å². The van der Waals surface area contributed by atoms with Crippen LogP contribution in [0.15, 0.2) is 18.3 Å². The van der Waals surface area contributed by atoms with E-state index in [-0.39, 0.29) is 12.5 Å². The monoisotopic (exact) mass is 346 g/mol. The molecule has 126 valence electrons. The Morgan fingerprint density at radius 1 is 1.50 bits per heavy atom. The van der Waals surface area contributed by atoms with Gasteiger partial charge in [-0.2, -0.15) is 5.10 Å². The van der Waals surface area contributed by atoms with Gasteiger partial charge in [0.05, 0.1) is 22.9 Å². The molecule has 24 heavy (non-hydrogen) atoms. The van der Waals surface area contributed by atoms with Crippen LogP contribution in [0.3, 0.4) is 0 Å². The van der Waals surface area contributed by atoms with Crippen molar-refractivity contribution in [3.05, 3.63) is 40.3 Å². The number of hydrogen-bond acceptors (Lipinski definition) is 4. The number of amides is 1. The molecule has 0 radical (unpaired) electrons. The number of rotatable bonds is 4. The second-order valence-electron chi connectivity index (χ2n) is 7.26. The molecule has 1 amide bonds. The summed E-state index contributed by atoms with van der Waals surface area (Å²) in [5.74, 6) is 1.51. The zero-order valence-electron chi connectivity index (χ0n) is 13.6. The summed E-state index contributed by atoms with van der Waals surface area (Å²) in [6.45, 7) is 3.42. The van der Waals surface area contributed by atoms with Gasteiger partial charge in [0.25, 0.3) is 5.91 Å². The summed E-state index contributed by atoms with van der Waals surface area (Å²) in [6, 6.07) is 3.58. The van der Waals surface area contributed by atoms with Crippen molar-refractivity contribution in [2.24, 2.45) is 5.92 Å². The number of aliphatic hydroxyl groups is 1. The molecule has 0 bridgehead atoms. The Balaban J connectivity index is 1.75. The van der Waals surface area contributed by atoms with Crippen LogP contribution in [-0.4, -0.2) is 37.9 Å². The SMILES string of the molecule is CC(C)(CO)NC(=O)c1nn(-c2ccc(Cl)cn2)c2c1C[C@@H]1C[C@H]21. The van der Waals surface area contributed by atoms with Gasteiger partial charge in [-0.3, -0.25) is 4.79 Å². The Morgan fingerprint density at radius 3 is 2.96 bits per heavy atom. The number of carbonyl (C=O) groups is 1. The predicted molar refractivity (Wildman–Crippen MR) is 89.6 cm³/mol. The maximum atomic E-state index is 12.7. The summed E-state index contributed by atoms with van der Waals surface area (Å²) >= 11 is 5.92. The fraction of sp³-hybridized carbons (Fsp3) is 0.471. The first-order chi connectivity index (χ1) is 11.4. The third-order valence-electron chi connectivity index (χ3n) is 4.75. The van der Waals surface area contributed by atoms with Crippen LogP contribution in [0.5, 0.6) is 0 Å². The molecule has 0 aliphatic heterocycles. The molecular formula is C17H19ClN4O2. The Bertz CT molecular complexity index is 813. The quantitative estimate of drug-likeness (QED) is 0.888. The van der Waals surface area contributed by atoms with E-state index in [0.717, 1.165) is 24.1 Å². The number of nitrogens with one attached hydrogen (secondary N) is 1. The molecule has 0 aromatic carbocycles. The lowest BCUT2D eigenvalue weighted by Crippen LogP contribution is -2.46. The van der Waals surface area contributed by atoms with E-state index in [1.54, 1.807) is 30.8 Å². The average Bonchev–Trinajstić information content (AvgIpc) is 3.04. The van der Waals surface area contributed by atoms with Crippen molar-refractivity contribution >= 4 is 17.5 Å². The second-order valence-corrected chi connectivity index (χ2v) is 7.70. The van der Waals surface area contributed by atoms with E-state index in [2.05, 4.69) is 15.4 Å². The van der Waals surface area contributed by atoms with Gasteiger partial charge >= 0.3 is 0 Å². The Morgan fingerprint density at radius 2 is 2.29 bits per heavy atom. The topological polar surface area (TPSA) is 80.0 Å². The minimum Gasteiger partial charge on any atom is -0.394 e. The van der Waals surface area contributed by atoms with Gasteiger partial charge < -0.3 is 10.4 Å². The highest BCUT2D eigenvalue weighted by Crippen LogP contribution is 2.57. The molecule has 0 spiro atoms. The van der Waals surface area contributed by atoms with Crippen LogP contribution >= 0.6 is 11.6 Å². The molecule has 1 saturated carbocycles. The highest BCUT2D eigenvalue weighted by Gasteiger charge is 2.50. The molecule has 1 fully saturated rings. The van der Waals surface area contributed by atoms with Crippen LogP contribution in [-0.2, 0) is 6.42 Å². The number of nitrogens with zero attached hydrogens (tertiary/aromatic N) is 3. The zero-order valence-corrected chi connectivity index (χ0v) is 14.3. The maximum Gasteiger partial charge on any atom is 0.272 e. The molecule has 2 aliphatic rings. The molecule has 6 nitrogen and oxygen atoms in total. The van der Waals surface area contributed by atoms with E-state index in [1.807, 2.05) is 6.07 Å². The van der Waals surface area contributed by atoms with Crippen molar-refractivity contribution in [2.75, 3.05) is 6.61 Å². The molecule has 7 heteroatoms. The summed E-state index contributed by atoms with van der Waals surface area (Å²) in [5.41, 5.74) is 1.87. The third kappa shape index (κ3) is 2.50. The summed E-state index contributed by atoms with van der Waals surface area (Å²) in [5, 5.41) is 17.3. The van der Waals surface area contributed by atoms with Crippen LogP contribution in [0, 0.1) is 5.92 Å². The van der Waals surface area contributed by atoms with Crippen molar-refractivity contribution in [2.45, 2.75) is 38.1 Å². The highest BCUT2D eigenvalue weighted by molar-refractivity contribution is 6.30. The lowest BCUT2D eigenvalue weighted by Gasteiger charge is -2.23. The van der Waals surface area contributed by atoms with Crippen LogP contribution in [0.1, 0.15) is 47.9 Å². The number of hydrogen-bond donors (Lipinski definition) is 2. The van der Waals surface area contributed by atoms with E-state index in [4.69, 9.17) is 11.6 Å². The normalized spacial score (nSPS) is 21.3. The van der Waals surface area contributed by atoms with E-state index < -0.39 is 5.54 Å². The molecule has 2 N–H and O–H groups in total. The summed E-state index contributed by atoms with van der Waals surface area (Å²) in [4.78, 5) is 17.0. The first kappa shape index (κ1) is 15.6. The van der Waals surface area contributed by atoms with Gasteiger partial charge in [0, 0.05) is 17.7 Å². The first-order valence-corrected chi connectivity index (χ1v) is 8.44. The second kappa shape index (κ2) is 5.29. The van der Waals surface area contributed by atoms with E-state index in [9.17, 15) is 9.90 Å². The van der Waals surface area contributed by atoms with Crippen LogP contribution in [0.25, 0.3) is 5.82 Å². The Kier molecular flexibility index (Phi) is 3.44. The van der Waals surface area contributed by atoms with Gasteiger partial charge in [-0.1, -0.05) is 11.6 Å². The Labute approximate surface area is 144 Å². The maximum absolute atomic E-state index is 12.7. The zero-order chi connectivity index (χ0) is 17.1. The fourth-order valence-corrected chi connectivity index (χ4v) is 3.48. The minimum absolute atomic E-state index is 0.133. The van der Waals surface area contributed by atoms with Crippen LogP contribution < -0.4 is 5.32 Å². The van der Waals surface area contributed by atoms with Gasteiger partial charge in [0.15, 0.2) is 11.5 Å². The molecular weight excluding hydrogens is 328 g/mol. The molecule has 0 unspecified atom stereocenters. The molecule has 2 aromatic rings. The van der Waals surface area contributed by atoms with Gasteiger partial charge in [0.2, 0.25) is 0 Å². The number of pyridine rings is 1. The van der Waals surface area contributed by atoms with E-state index >= 15 is 0 Å². The molecule has 4 rings (SSSR count). The molecule has 2 aliphatic carbocycles. The van der Waals surface area contributed by atoms with Gasteiger partial charge in [-0.25, -0.2) is 9.67 Å². The predicted octanol–water partition coefficient (Wildman–Crippen LogP) is 2.08. The number of carbonyl (C=O) groups excluding carboxylic acids is 1. The van der Waals surface area contributed by atoms with Crippen molar-refractivity contribution in [3.63, 3.8) is 0 Å². The Hall–Kier alpha value is -1.92. The number of fused-ring (bicyclic) bond motifs is 3. The largest absolute Gasteiger partial charge is 0.394 e. The van der Waals surface area contributed by atoms with Gasteiger partial charge in [0.1, 0.15) is 0 Å². The number of aromatic nitrogens is 3. The number of halogens is 1. The number of aliphatic hydroxyl groups excluding tert-OH is 1. The van der Waals surface area contributed by atoms with E-state index in [1.165, 1.54) is 0 Å². The smallest absolute Gasteiger partial charge is 0.272 e. The van der Waals surface area contributed by atoms with Gasteiger partial charge in [-0.15, -0.1) is 0 Å². The summed E-state index contributed by atoms with van der Waals surface area (Å²) in [7, 11) is 0. The third-order valence-corrected chi connectivity index (χ3v) is 4.98. The fourth-order valence-electron chi connectivity index (χ4n) is 3.37. The van der Waals surface area contributed by atoms with Crippen LogP contribution in [0.4, 0.5) is 0 Å². The molecule has 2 atom stereocenters. The van der Waals surface area contributed by atoms with Gasteiger partial charge in [-0.05, 0) is 44.7 Å². The molecule has 2 aromatic heterocycles. The molecule has 2 heterocycles. The summed E-state index contributed by atoms with van der Waals surface area (Å²) < 4.78 is 1.78. The van der Waals surface area contributed by atoms with Crippen molar-refractivity contribution in [3.8, 4) is 5.82 Å². The molecule has 0 saturated heterocycles. The van der Waals surface area contributed by atoms with Crippen molar-refractivity contribution < 1.29 is 9.90 Å². The minimum atomic E-state index is -0.687. The van der Waals surface area contributed by atoms with E-state index in [0.29, 0.717) is 28.4 Å². The summed E-state index contributed by atoms with van der Waals surface area (Å²) in [6.07, 6.45) is 3.62. The van der Waals surface area contributed by atoms with Crippen LogP contribution in [0.2, 0.25) is 5.02 Å².